The monoisotopic (exact) mass is 1190 g/mol. The van der Waals surface area contributed by atoms with Crippen molar-refractivity contribution in [2.45, 2.75) is 116 Å². The molecule has 0 aromatic heterocycles. The maximum Gasteiger partial charge on any atom is 1.00 e. The molecule has 7 amide bonds. The third-order valence-electron chi connectivity index (χ3n) is 15.0. The Bertz CT molecular complexity index is 3410. The molecule has 0 saturated carbocycles. The van der Waals surface area contributed by atoms with E-state index in [1.165, 1.54) is 43.3 Å². The fourth-order valence-corrected chi connectivity index (χ4v) is 10.3. The molecule has 0 unspecified atom stereocenters. The fourth-order valence-electron chi connectivity index (χ4n) is 10.3. The summed E-state index contributed by atoms with van der Waals surface area (Å²) in [5.74, 6) is -8.82. The topological polar surface area (TPSA) is 337 Å². The van der Waals surface area contributed by atoms with Crippen molar-refractivity contribution >= 4 is 47.6 Å². The summed E-state index contributed by atoms with van der Waals surface area (Å²) in [6.07, 6.45) is -0.523. The molecule has 426 valence electrons. The molecule has 5 aromatic rings. The molecule has 12 N–H and O–H groups in total. The van der Waals surface area contributed by atoms with Crippen molar-refractivity contribution in [3.8, 4) is 51.4 Å². The number of phenolic OH excluding ortho intramolecular Hbond substituents is 3. The molecule has 0 saturated heterocycles. The van der Waals surface area contributed by atoms with Crippen molar-refractivity contribution in [1.29, 1.82) is 0 Å². The normalized spacial score (nSPS) is 22.1. The Balaban J connectivity index is 0.00000968. The Morgan fingerprint density at radius 2 is 1.26 bits per heavy atom. The van der Waals surface area contributed by atoms with E-state index in [-0.39, 0.29) is 126 Å². The van der Waals surface area contributed by atoms with Crippen LogP contribution in [0.25, 0.3) is 11.1 Å². The molecule has 5 heterocycles. The summed E-state index contributed by atoms with van der Waals surface area (Å²) in [5.41, 5.74) is 6.93. The summed E-state index contributed by atoms with van der Waals surface area (Å²) in [5, 5.41) is 62.0. The number of rotatable bonds is 8. The number of fused-ring (bicyclic) bond motifs is 15. The Morgan fingerprint density at radius 3 is 1.84 bits per heavy atom. The largest absolute Gasteiger partial charge is 1.00 e. The number of hydrogen-bond acceptors (Lipinski definition) is 15. The van der Waals surface area contributed by atoms with Crippen LogP contribution in [-0.4, -0.2) is 111 Å². The van der Waals surface area contributed by atoms with Crippen LogP contribution in [0, 0.1) is 33.6 Å². The molecule has 9 atom stereocenters. The number of phenols is 3. The molecular weight excluding hydrogens is 1130 g/mol. The number of carbonyl (C=O) groups excluding carboxylic acids is 8. The van der Waals surface area contributed by atoms with Gasteiger partial charge in [0.15, 0.2) is 0 Å². The number of nitrogens with two attached hydrogens (primary N) is 1. The van der Waals surface area contributed by atoms with Crippen LogP contribution >= 0.6 is 0 Å². The second-order valence-corrected chi connectivity index (χ2v) is 21.5. The minimum absolute atomic E-state index is 0. The molecule has 82 heavy (non-hydrogen) atoms. The Labute approximate surface area is 522 Å². The third-order valence-corrected chi connectivity index (χ3v) is 15.0. The van der Waals surface area contributed by atoms with Gasteiger partial charge >= 0.3 is 58.2 Å². The van der Waals surface area contributed by atoms with E-state index in [0.717, 1.165) is 12.1 Å². The molecule has 5 aromatic carbocycles. The number of likely N-dealkylation sites (N-methyl/N-ethyl adjacent to an activating group) is 1. The van der Waals surface area contributed by atoms with Gasteiger partial charge < -0.3 is 72.3 Å². The van der Waals surface area contributed by atoms with E-state index >= 15 is 9.59 Å². The second kappa shape index (κ2) is 25.5. The van der Waals surface area contributed by atoms with E-state index in [2.05, 4.69) is 31.9 Å². The van der Waals surface area contributed by atoms with Crippen molar-refractivity contribution in [1.82, 2.24) is 36.8 Å². The van der Waals surface area contributed by atoms with Crippen LogP contribution < -0.4 is 105 Å². The van der Waals surface area contributed by atoms with Gasteiger partial charge in [0, 0.05) is 28.2 Å². The minimum atomic E-state index is -1.91. The first kappa shape index (κ1) is 62.4. The number of aliphatic hydroxyl groups is 1. The van der Waals surface area contributed by atoms with Gasteiger partial charge in [0.05, 0.1) is 12.5 Å². The predicted octanol–water partition coefficient (Wildman–Crippen LogP) is 1.06. The Morgan fingerprint density at radius 1 is 0.683 bits per heavy atom. The molecule has 0 aliphatic carbocycles. The molecule has 0 spiro atoms. The zero-order valence-electron chi connectivity index (χ0n) is 47.0. The number of aromatic hydroxyl groups is 3. The van der Waals surface area contributed by atoms with Gasteiger partial charge in [-0.3, -0.25) is 38.5 Å². The summed E-state index contributed by atoms with van der Waals surface area (Å²) in [4.78, 5) is 117. The van der Waals surface area contributed by atoms with Crippen molar-refractivity contribution in [3.63, 3.8) is 0 Å². The molecule has 5 aliphatic heterocycles. The Hall–Kier alpha value is -7.21. The number of carbonyl (C=O) groups is 7. The van der Waals surface area contributed by atoms with Gasteiger partial charge in [0.1, 0.15) is 76.6 Å². The SMILES string of the molecule is Cc1cc2ccc1Oc1cc3cc(c1C)Oc1ccc(cc1C)[C@@H](O)[C@@H](NC(=O)[C@@H](CC(C)C)N(C)C)C(=O)N[C@@H](CC(N)=O)C(=O)N[C@H]3C(=O)N[C@H]1C(=O)N[C@H](C(=O)N[C@@H]([C-]=O)c3cc(O)c(C)c(O)c3-c3cc1ccc3O)[C@@H]2C.[Rb+]. The molecule has 11 bridgehead atoms. The molecule has 0 radical (unpaired) electrons. The van der Waals surface area contributed by atoms with E-state index in [0.29, 0.717) is 28.7 Å². The summed E-state index contributed by atoms with van der Waals surface area (Å²) in [7, 11) is 3.36. The van der Waals surface area contributed by atoms with Crippen molar-refractivity contribution in [3.05, 3.63) is 123 Å². The first-order valence-corrected chi connectivity index (χ1v) is 26.2. The third kappa shape index (κ3) is 13.0. The average molecular weight is 1200 g/mol. The summed E-state index contributed by atoms with van der Waals surface area (Å²) >= 11 is 0. The minimum Gasteiger partial charge on any atom is -0.540 e. The summed E-state index contributed by atoms with van der Waals surface area (Å²) in [6.45, 7) is 11.9. The van der Waals surface area contributed by atoms with Crippen molar-refractivity contribution in [2.75, 3.05) is 14.1 Å². The van der Waals surface area contributed by atoms with Gasteiger partial charge in [-0.1, -0.05) is 45.0 Å². The van der Waals surface area contributed by atoms with Gasteiger partial charge in [0.25, 0.3) is 0 Å². The standard InChI is InChI=1S/C59H65N8O14.Rb/c1-25(2)16-39(67(8)9)55(75)66-51-53(73)33-12-15-43(27(4)18-33)81-45-21-34-20-44(30(45)7)80-42-14-11-31(17-26(42)3)28(5)48-56(76)62-38(24-68)35-22-41(70)29(6)52(72)47(35)36-19-32(10-13-40(36)69)49(57(77)63-48)65-58(78)50(34)64-54(74)37(23-46(60)71)61-59(51)79;/h10-15,17-22,25,28,37-39,48-51,53,69-70,72-73H,16,23H2,1-9H3,(H2,60,71)(H,61,79)(H,62,76)(H,63,77)(H,64,74)(H,65,78)(H,66,75);/q-1;+1/t28-,37+,38+,39-,48+,49-,50-,51-,53-;/m1./s1. The maximum absolute atomic E-state index is 15.6. The van der Waals surface area contributed by atoms with Crippen LogP contribution in [0.5, 0.6) is 40.2 Å². The summed E-state index contributed by atoms with van der Waals surface area (Å²) in [6, 6.07) is 5.84. The number of aliphatic hydroxyl groups excluding tert-OH is 1. The Kier molecular flexibility index (Phi) is 19.4. The number of hydrogen-bond donors (Lipinski definition) is 11. The van der Waals surface area contributed by atoms with Gasteiger partial charge in [0.2, 0.25) is 41.4 Å². The van der Waals surface area contributed by atoms with Gasteiger partial charge in [-0.25, -0.2) is 6.29 Å². The molecular formula is C59H65N8O14Rb. The quantitative estimate of drug-likeness (QED) is 0.0968. The van der Waals surface area contributed by atoms with Crippen LogP contribution in [0.15, 0.2) is 72.8 Å². The first-order valence-electron chi connectivity index (χ1n) is 26.2. The van der Waals surface area contributed by atoms with E-state index in [1.807, 2.05) is 13.8 Å². The molecule has 23 heteroatoms. The number of benzene rings is 5. The van der Waals surface area contributed by atoms with E-state index < -0.39 is 119 Å². The van der Waals surface area contributed by atoms with Gasteiger partial charge in [-0.2, -0.15) is 0 Å². The number of nitrogens with one attached hydrogen (secondary N) is 6. The van der Waals surface area contributed by atoms with Crippen LogP contribution in [0.4, 0.5) is 0 Å². The van der Waals surface area contributed by atoms with E-state index in [4.69, 9.17) is 15.2 Å². The summed E-state index contributed by atoms with van der Waals surface area (Å²) < 4.78 is 13.2. The number of primary amides is 1. The van der Waals surface area contributed by atoms with Gasteiger partial charge in [-0.15, -0.1) is 0 Å². The zero-order valence-corrected chi connectivity index (χ0v) is 51.9. The molecule has 0 fully saturated rings. The average Bonchev–Trinajstić information content (AvgIpc) is 3.60. The number of amides is 7. The predicted molar refractivity (Wildman–Crippen MR) is 294 cm³/mol. The van der Waals surface area contributed by atoms with Crippen LogP contribution in [0.1, 0.15) is 114 Å². The van der Waals surface area contributed by atoms with Crippen LogP contribution in [0.2, 0.25) is 0 Å². The maximum atomic E-state index is 15.6. The number of aryl methyl sites for hydroxylation is 2. The molecule has 10 rings (SSSR count). The second-order valence-electron chi connectivity index (χ2n) is 21.5. The number of nitrogens with zero attached hydrogens (tertiary/aromatic N) is 1. The smallest absolute Gasteiger partial charge is 0.540 e. The molecule has 22 nitrogen and oxygen atoms in total. The fraction of sp³-hybridized carbons (Fsp3) is 0.356. The first-order chi connectivity index (χ1) is 38.3. The van der Waals surface area contributed by atoms with E-state index in [9.17, 15) is 49.2 Å². The van der Waals surface area contributed by atoms with Crippen molar-refractivity contribution < 1.29 is 126 Å². The van der Waals surface area contributed by atoms with Crippen LogP contribution in [-0.2, 0) is 38.4 Å². The van der Waals surface area contributed by atoms with Crippen molar-refractivity contribution in [2.24, 2.45) is 11.7 Å². The van der Waals surface area contributed by atoms with Gasteiger partial charge in [-0.05, 0) is 148 Å². The van der Waals surface area contributed by atoms with E-state index in [1.54, 1.807) is 77.2 Å². The zero-order chi connectivity index (χ0) is 59.0. The molecule has 5 aliphatic rings. The van der Waals surface area contributed by atoms with Crippen LogP contribution in [0.3, 0.4) is 0 Å². The number of ether oxygens (including phenoxy) is 2.